The normalized spacial score (nSPS) is 18.2. The van der Waals surface area contributed by atoms with Crippen LogP contribution in [0.3, 0.4) is 0 Å². The zero-order valence-electron chi connectivity index (χ0n) is 17.8. The minimum atomic E-state index is -0.308. The summed E-state index contributed by atoms with van der Waals surface area (Å²) in [5, 5.41) is 3.88. The largest absolute Gasteiger partial charge is 0.465 e. The average Bonchev–Trinajstić information content (AvgIpc) is 3.25. The summed E-state index contributed by atoms with van der Waals surface area (Å²) in [5.74, 6) is 0.542. The zero-order chi connectivity index (χ0) is 22.0. The van der Waals surface area contributed by atoms with E-state index in [1.165, 1.54) is 0 Å². The van der Waals surface area contributed by atoms with Crippen LogP contribution in [0.15, 0.2) is 54.9 Å². The van der Waals surface area contributed by atoms with E-state index in [1.54, 1.807) is 19.3 Å². The summed E-state index contributed by atoms with van der Waals surface area (Å²) in [6.45, 7) is 6.32. The van der Waals surface area contributed by atoms with Crippen molar-refractivity contribution in [2.24, 2.45) is 0 Å². The third-order valence-electron chi connectivity index (χ3n) is 5.47. The lowest BCUT2D eigenvalue weighted by Gasteiger charge is -2.27. The smallest absolute Gasteiger partial charge is 0.325 e. The van der Waals surface area contributed by atoms with Crippen molar-refractivity contribution in [3.05, 3.63) is 77.5 Å². The Hall–Kier alpha value is -3.26. The Kier molecular flexibility index (Phi) is 5.99. The van der Waals surface area contributed by atoms with Gasteiger partial charge in [-0.25, -0.2) is 4.98 Å². The van der Waals surface area contributed by atoms with Crippen LogP contribution in [0.2, 0.25) is 0 Å². The minimum Gasteiger partial charge on any atom is -0.465 e. The van der Waals surface area contributed by atoms with E-state index in [0.717, 1.165) is 28.5 Å². The Labute approximate surface area is 187 Å². The molecule has 3 aromatic heterocycles. The standard InChI is InChI=1S/C23H25N5O2S/c1-4-30-20(29)14-27-22(21(26-23(27)31)18-9-5-7-11-24-18)17-13-15(2)28(16(17)3)19-10-6-8-12-25-19/h5-13,21-22H,4,14H2,1-3H3,(H,26,31)/t21-,22+/m0/s1. The predicted molar refractivity (Wildman–Crippen MR) is 122 cm³/mol. The molecule has 4 rings (SSSR count). The maximum Gasteiger partial charge on any atom is 0.325 e. The van der Waals surface area contributed by atoms with Crippen LogP contribution >= 0.6 is 12.2 Å². The first-order valence-electron chi connectivity index (χ1n) is 10.2. The molecule has 8 heteroatoms. The van der Waals surface area contributed by atoms with Crippen LogP contribution in [0.25, 0.3) is 5.82 Å². The molecule has 160 valence electrons. The molecule has 2 atom stereocenters. The fourth-order valence-corrected chi connectivity index (χ4v) is 4.49. The number of carbonyl (C=O) groups excluding carboxylic acids is 1. The molecule has 3 aromatic rings. The number of aromatic nitrogens is 3. The highest BCUT2D eigenvalue weighted by Crippen LogP contribution is 2.41. The van der Waals surface area contributed by atoms with Crippen molar-refractivity contribution in [3.63, 3.8) is 0 Å². The molecule has 0 aliphatic carbocycles. The number of hydrogen-bond acceptors (Lipinski definition) is 5. The van der Waals surface area contributed by atoms with E-state index in [1.807, 2.05) is 41.3 Å². The third-order valence-corrected chi connectivity index (χ3v) is 5.82. The zero-order valence-corrected chi connectivity index (χ0v) is 18.6. The van der Waals surface area contributed by atoms with Crippen molar-refractivity contribution >= 4 is 23.3 Å². The van der Waals surface area contributed by atoms with Crippen LogP contribution in [0.4, 0.5) is 0 Å². The number of nitrogens with zero attached hydrogens (tertiary/aromatic N) is 4. The molecule has 1 aliphatic heterocycles. The van der Waals surface area contributed by atoms with Crippen LogP contribution in [0.5, 0.6) is 0 Å². The number of ether oxygens (including phenoxy) is 1. The van der Waals surface area contributed by atoms with Crippen molar-refractivity contribution < 1.29 is 9.53 Å². The average molecular weight is 436 g/mol. The van der Waals surface area contributed by atoms with E-state index >= 15 is 0 Å². The number of hydrogen-bond donors (Lipinski definition) is 1. The van der Waals surface area contributed by atoms with Gasteiger partial charge in [0, 0.05) is 23.8 Å². The maximum atomic E-state index is 12.4. The van der Waals surface area contributed by atoms with Crippen molar-refractivity contribution in [1.29, 1.82) is 0 Å². The molecule has 0 saturated carbocycles. The molecule has 0 bridgehead atoms. The van der Waals surface area contributed by atoms with Gasteiger partial charge in [0.15, 0.2) is 5.11 Å². The van der Waals surface area contributed by atoms with Crippen LogP contribution in [0, 0.1) is 13.8 Å². The van der Waals surface area contributed by atoms with E-state index in [2.05, 4.69) is 39.8 Å². The van der Waals surface area contributed by atoms with Crippen molar-refractivity contribution in [2.45, 2.75) is 32.9 Å². The molecule has 1 fully saturated rings. The quantitative estimate of drug-likeness (QED) is 0.470. The Morgan fingerprint density at radius 3 is 2.55 bits per heavy atom. The van der Waals surface area contributed by atoms with E-state index in [0.29, 0.717) is 11.7 Å². The van der Waals surface area contributed by atoms with Crippen LogP contribution in [0.1, 0.15) is 41.7 Å². The first-order chi connectivity index (χ1) is 15.0. The highest BCUT2D eigenvalue weighted by atomic mass is 32.1. The van der Waals surface area contributed by atoms with Gasteiger partial charge in [-0.1, -0.05) is 12.1 Å². The lowest BCUT2D eigenvalue weighted by Crippen LogP contribution is -2.35. The number of esters is 1. The van der Waals surface area contributed by atoms with Gasteiger partial charge < -0.3 is 19.5 Å². The number of nitrogens with one attached hydrogen (secondary N) is 1. The second-order valence-corrected chi connectivity index (χ2v) is 7.80. The van der Waals surface area contributed by atoms with Gasteiger partial charge in [0.05, 0.1) is 24.4 Å². The van der Waals surface area contributed by atoms with Gasteiger partial charge in [-0.05, 0) is 68.9 Å². The summed E-state index contributed by atoms with van der Waals surface area (Å²) in [5.41, 5.74) is 4.03. The Bertz CT molecular complexity index is 1080. The highest BCUT2D eigenvalue weighted by Gasteiger charge is 2.42. The third kappa shape index (κ3) is 4.03. The van der Waals surface area contributed by atoms with E-state index in [-0.39, 0.29) is 24.6 Å². The molecule has 4 heterocycles. The number of pyridine rings is 2. The molecule has 0 unspecified atom stereocenters. The topological polar surface area (TPSA) is 72.3 Å². The number of rotatable bonds is 6. The summed E-state index contributed by atoms with van der Waals surface area (Å²) >= 11 is 5.63. The predicted octanol–water partition coefficient (Wildman–Crippen LogP) is 3.42. The summed E-state index contributed by atoms with van der Waals surface area (Å²) in [6.07, 6.45) is 3.55. The second-order valence-electron chi connectivity index (χ2n) is 7.41. The molecular formula is C23H25N5O2S. The molecule has 7 nitrogen and oxygen atoms in total. The van der Waals surface area contributed by atoms with Gasteiger partial charge in [-0.3, -0.25) is 9.78 Å². The molecule has 1 saturated heterocycles. The van der Waals surface area contributed by atoms with Crippen molar-refractivity contribution in [1.82, 2.24) is 24.8 Å². The fraction of sp³-hybridized carbons (Fsp3) is 0.304. The molecule has 31 heavy (non-hydrogen) atoms. The number of aryl methyl sites for hydroxylation is 1. The van der Waals surface area contributed by atoms with Crippen LogP contribution in [-0.4, -0.2) is 43.7 Å². The Morgan fingerprint density at radius 1 is 1.16 bits per heavy atom. The minimum absolute atomic E-state index is 0.0704. The molecule has 0 radical (unpaired) electrons. The van der Waals surface area contributed by atoms with Gasteiger partial charge in [0.2, 0.25) is 0 Å². The van der Waals surface area contributed by atoms with Crippen LogP contribution < -0.4 is 5.32 Å². The summed E-state index contributed by atoms with van der Waals surface area (Å²) in [4.78, 5) is 23.3. The van der Waals surface area contributed by atoms with Crippen molar-refractivity contribution in [2.75, 3.05) is 13.2 Å². The molecular weight excluding hydrogens is 410 g/mol. The van der Waals surface area contributed by atoms with E-state index in [4.69, 9.17) is 17.0 Å². The second kappa shape index (κ2) is 8.85. The molecule has 0 spiro atoms. The van der Waals surface area contributed by atoms with Gasteiger partial charge >= 0.3 is 5.97 Å². The molecule has 0 aromatic carbocycles. The van der Waals surface area contributed by atoms with Gasteiger partial charge in [-0.15, -0.1) is 0 Å². The lowest BCUT2D eigenvalue weighted by atomic mass is 9.97. The molecule has 1 aliphatic rings. The van der Waals surface area contributed by atoms with Crippen molar-refractivity contribution in [3.8, 4) is 5.82 Å². The van der Waals surface area contributed by atoms with E-state index in [9.17, 15) is 4.79 Å². The highest BCUT2D eigenvalue weighted by molar-refractivity contribution is 7.80. The van der Waals surface area contributed by atoms with Gasteiger partial charge in [0.1, 0.15) is 12.4 Å². The van der Waals surface area contributed by atoms with Gasteiger partial charge in [0.25, 0.3) is 0 Å². The molecule has 1 N–H and O–H groups in total. The Balaban J connectivity index is 1.81. The number of carbonyl (C=O) groups is 1. The summed E-state index contributed by atoms with van der Waals surface area (Å²) in [6, 6.07) is 13.4. The summed E-state index contributed by atoms with van der Waals surface area (Å²) in [7, 11) is 0. The summed E-state index contributed by atoms with van der Waals surface area (Å²) < 4.78 is 7.33. The van der Waals surface area contributed by atoms with Gasteiger partial charge in [-0.2, -0.15) is 0 Å². The van der Waals surface area contributed by atoms with E-state index < -0.39 is 0 Å². The first kappa shape index (κ1) is 21.0. The van der Waals surface area contributed by atoms with Crippen LogP contribution in [-0.2, 0) is 9.53 Å². The fourth-order valence-electron chi connectivity index (χ4n) is 4.19. The SMILES string of the molecule is CCOC(=O)CN1C(=S)N[C@@H](c2ccccn2)[C@H]1c1cc(C)n(-c2ccccn2)c1C. The maximum absolute atomic E-state index is 12.4. The lowest BCUT2D eigenvalue weighted by molar-refractivity contribution is -0.143. The monoisotopic (exact) mass is 435 g/mol. The Morgan fingerprint density at radius 2 is 1.90 bits per heavy atom. The first-order valence-corrected chi connectivity index (χ1v) is 10.7. The number of thiocarbonyl (C=S) groups is 1. The molecule has 0 amide bonds.